The second-order valence-electron chi connectivity index (χ2n) is 7.92. The average Bonchev–Trinajstić information content (AvgIpc) is 3.09. The molecule has 8 heteroatoms. The second kappa shape index (κ2) is 9.16. The Bertz CT molecular complexity index is 938. The van der Waals surface area contributed by atoms with Crippen LogP contribution in [0.4, 0.5) is 0 Å². The van der Waals surface area contributed by atoms with E-state index in [0.29, 0.717) is 11.3 Å². The smallest absolute Gasteiger partial charge is 0.327 e. The fraction of sp³-hybridized carbons (Fsp3) is 0.458. The zero-order valence-electron chi connectivity index (χ0n) is 18.9. The first kappa shape index (κ1) is 23.5. The molecule has 2 aliphatic heterocycles. The molecule has 1 aromatic carbocycles. The number of esters is 3. The third-order valence-corrected chi connectivity index (χ3v) is 6.42. The Labute approximate surface area is 187 Å². The summed E-state index contributed by atoms with van der Waals surface area (Å²) in [4.78, 5) is 41.6. The van der Waals surface area contributed by atoms with Crippen LogP contribution < -0.4 is 4.74 Å². The van der Waals surface area contributed by atoms with E-state index >= 15 is 0 Å². The summed E-state index contributed by atoms with van der Waals surface area (Å²) < 4.78 is 20.9. The van der Waals surface area contributed by atoms with Crippen molar-refractivity contribution in [3.63, 3.8) is 0 Å². The van der Waals surface area contributed by atoms with Crippen LogP contribution in [-0.2, 0) is 28.6 Å². The quantitative estimate of drug-likeness (QED) is 0.489. The van der Waals surface area contributed by atoms with Crippen LogP contribution in [0.5, 0.6) is 5.75 Å². The monoisotopic (exact) mass is 443 g/mol. The minimum absolute atomic E-state index is 0.0879. The summed E-state index contributed by atoms with van der Waals surface area (Å²) in [6, 6.07) is 6.48. The molecule has 0 unspecified atom stereocenters. The molecule has 2 heterocycles. The molecule has 0 aliphatic carbocycles. The van der Waals surface area contributed by atoms with Gasteiger partial charge in [0.15, 0.2) is 0 Å². The zero-order valence-corrected chi connectivity index (χ0v) is 18.9. The molecule has 0 N–H and O–H groups in total. The molecule has 1 aromatic rings. The molecule has 4 atom stereocenters. The number of fused-ring (bicyclic) bond motifs is 1. The van der Waals surface area contributed by atoms with E-state index in [-0.39, 0.29) is 19.6 Å². The molecule has 0 bridgehead atoms. The van der Waals surface area contributed by atoms with Gasteiger partial charge in [0.05, 0.1) is 39.9 Å². The number of ether oxygens (including phenoxy) is 4. The standard InChI is InChI=1S/C24H29NO7/c1-7-32-23(28)24-12-14(2)15(3)13-25(24)20(16-8-10-17(29-4)11-9-16)18(21(26)30-5)19(24)22(27)31-6/h8-11,18-20H,2-3,7,12-13H2,1,4-6H3/t18-,19-,20-,24-/m1/s1. The molecular weight excluding hydrogens is 414 g/mol. The molecule has 0 aromatic heterocycles. The summed E-state index contributed by atoms with van der Waals surface area (Å²) in [7, 11) is 4.05. The van der Waals surface area contributed by atoms with Crippen molar-refractivity contribution in [1.82, 2.24) is 4.90 Å². The largest absolute Gasteiger partial charge is 0.497 e. The van der Waals surface area contributed by atoms with Gasteiger partial charge in [0.25, 0.3) is 0 Å². The second-order valence-corrected chi connectivity index (χ2v) is 7.92. The predicted molar refractivity (Wildman–Crippen MR) is 116 cm³/mol. The SMILES string of the molecule is C=C1CN2[C@H](c3ccc(OC)cc3)[C@H](C(=O)OC)[C@H](C(=O)OC)[C@@]2(C(=O)OCC)CC1=C. The third kappa shape index (κ3) is 3.58. The van der Waals surface area contributed by atoms with Crippen LogP contribution >= 0.6 is 0 Å². The maximum absolute atomic E-state index is 13.5. The van der Waals surface area contributed by atoms with Crippen LogP contribution in [0.15, 0.2) is 48.6 Å². The van der Waals surface area contributed by atoms with E-state index in [9.17, 15) is 14.4 Å². The number of nitrogens with zero attached hydrogens (tertiary/aromatic N) is 1. The van der Waals surface area contributed by atoms with Gasteiger partial charge in [-0.25, -0.2) is 4.79 Å². The number of piperidine rings is 1. The van der Waals surface area contributed by atoms with Crippen LogP contribution in [0.25, 0.3) is 0 Å². The highest BCUT2D eigenvalue weighted by Gasteiger charge is 2.70. The minimum Gasteiger partial charge on any atom is -0.497 e. The molecule has 0 spiro atoms. The average molecular weight is 443 g/mol. The van der Waals surface area contributed by atoms with Crippen molar-refractivity contribution in [2.24, 2.45) is 11.8 Å². The lowest BCUT2D eigenvalue weighted by molar-refractivity contribution is -0.169. The molecule has 0 radical (unpaired) electrons. The van der Waals surface area contributed by atoms with Crippen LogP contribution in [-0.4, -0.2) is 62.8 Å². The van der Waals surface area contributed by atoms with E-state index < -0.39 is 41.3 Å². The molecule has 3 rings (SSSR count). The molecule has 0 saturated carbocycles. The summed E-state index contributed by atoms with van der Waals surface area (Å²) in [5, 5.41) is 0. The van der Waals surface area contributed by atoms with Crippen molar-refractivity contribution < 1.29 is 33.3 Å². The molecule has 8 nitrogen and oxygen atoms in total. The van der Waals surface area contributed by atoms with E-state index in [2.05, 4.69) is 13.2 Å². The molecule has 172 valence electrons. The van der Waals surface area contributed by atoms with Crippen molar-refractivity contribution in [2.45, 2.75) is 24.9 Å². The number of rotatable bonds is 6. The van der Waals surface area contributed by atoms with Crippen molar-refractivity contribution >= 4 is 17.9 Å². The van der Waals surface area contributed by atoms with Crippen LogP contribution in [0, 0.1) is 11.8 Å². The van der Waals surface area contributed by atoms with Gasteiger partial charge >= 0.3 is 17.9 Å². The Morgan fingerprint density at radius 1 is 1.03 bits per heavy atom. The minimum atomic E-state index is -1.48. The Morgan fingerprint density at radius 2 is 1.66 bits per heavy atom. The van der Waals surface area contributed by atoms with Crippen LogP contribution in [0.3, 0.4) is 0 Å². The lowest BCUT2D eigenvalue weighted by Gasteiger charge is -2.45. The number of hydrogen-bond acceptors (Lipinski definition) is 8. The summed E-state index contributed by atoms with van der Waals surface area (Å²) in [6.45, 7) is 10.2. The summed E-state index contributed by atoms with van der Waals surface area (Å²) in [6.07, 6.45) is 0.0879. The fourth-order valence-electron chi connectivity index (χ4n) is 4.95. The first-order chi connectivity index (χ1) is 15.3. The maximum atomic E-state index is 13.5. The summed E-state index contributed by atoms with van der Waals surface area (Å²) >= 11 is 0. The molecule has 2 saturated heterocycles. The highest BCUT2D eigenvalue weighted by Crippen LogP contribution is 2.57. The number of methoxy groups -OCH3 is 3. The number of carbonyl (C=O) groups is 3. The third-order valence-electron chi connectivity index (χ3n) is 6.42. The Balaban J connectivity index is 2.30. The van der Waals surface area contributed by atoms with Crippen LogP contribution in [0.1, 0.15) is 24.9 Å². The van der Waals surface area contributed by atoms with Crippen molar-refractivity contribution in [3.05, 3.63) is 54.1 Å². The van der Waals surface area contributed by atoms with Crippen LogP contribution in [0.2, 0.25) is 0 Å². The number of benzene rings is 1. The highest BCUT2D eigenvalue weighted by molar-refractivity contribution is 5.95. The van der Waals surface area contributed by atoms with Gasteiger partial charge in [-0.3, -0.25) is 14.5 Å². The van der Waals surface area contributed by atoms with Crippen molar-refractivity contribution in [1.29, 1.82) is 0 Å². The van der Waals surface area contributed by atoms with Gasteiger partial charge in [0, 0.05) is 13.0 Å². The Kier molecular flexibility index (Phi) is 6.74. The van der Waals surface area contributed by atoms with Gasteiger partial charge in [-0.2, -0.15) is 0 Å². The zero-order chi connectivity index (χ0) is 23.6. The van der Waals surface area contributed by atoms with Crippen molar-refractivity contribution in [2.75, 3.05) is 34.5 Å². The molecule has 0 amide bonds. The Hall–Kier alpha value is -3.13. The van der Waals surface area contributed by atoms with Gasteiger partial charge in [-0.15, -0.1) is 0 Å². The fourth-order valence-corrected chi connectivity index (χ4v) is 4.95. The first-order valence-corrected chi connectivity index (χ1v) is 10.4. The van der Waals surface area contributed by atoms with Gasteiger partial charge in [0.2, 0.25) is 0 Å². The van der Waals surface area contributed by atoms with E-state index in [1.165, 1.54) is 14.2 Å². The van der Waals surface area contributed by atoms with E-state index in [0.717, 1.165) is 11.1 Å². The number of carbonyl (C=O) groups excluding carboxylic acids is 3. The van der Waals surface area contributed by atoms with Gasteiger partial charge in [-0.1, -0.05) is 25.3 Å². The predicted octanol–water partition coefficient (Wildman–Crippen LogP) is 2.45. The highest BCUT2D eigenvalue weighted by atomic mass is 16.5. The number of hydrogen-bond donors (Lipinski definition) is 0. The van der Waals surface area contributed by atoms with Gasteiger partial charge < -0.3 is 18.9 Å². The lowest BCUT2D eigenvalue weighted by atomic mass is 9.72. The Morgan fingerprint density at radius 3 is 2.19 bits per heavy atom. The lowest BCUT2D eigenvalue weighted by Crippen LogP contribution is -2.60. The molecule has 32 heavy (non-hydrogen) atoms. The normalized spacial score (nSPS) is 27.4. The van der Waals surface area contributed by atoms with Gasteiger partial charge in [-0.05, 0) is 35.8 Å². The maximum Gasteiger partial charge on any atom is 0.327 e. The molecular formula is C24H29NO7. The molecule has 2 fully saturated rings. The first-order valence-electron chi connectivity index (χ1n) is 10.4. The van der Waals surface area contributed by atoms with E-state index in [1.807, 2.05) is 4.90 Å². The summed E-state index contributed by atoms with van der Waals surface area (Å²) in [5.74, 6) is -3.43. The van der Waals surface area contributed by atoms with E-state index in [4.69, 9.17) is 18.9 Å². The molecule has 2 aliphatic rings. The van der Waals surface area contributed by atoms with Gasteiger partial charge in [0.1, 0.15) is 17.2 Å². The van der Waals surface area contributed by atoms with E-state index in [1.54, 1.807) is 38.3 Å². The van der Waals surface area contributed by atoms with Crippen molar-refractivity contribution in [3.8, 4) is 5.75 Å². The summed E-state index contributed by atoms with van der Waals surface area (Å²) in [5.41, 5.74) is 0.589. The topological polar surface area (TPSA) is 91.4 Å².